The number of nitrogens with zero attached hydrogens (tertiary/aromatic N) is 1. The lowest BCUT2D eigenvalue weighted by molar-refractivity contribution is 0.679. The van der Waals surface area contributed by atoms with Crippen LogP contribution >= 0.6 is 0 Å². The second-order valence-corrected chi connectivity index (χ2v) is 3.00. The molecular weight excluding hydrogens is 158 g/mol. The molecule has 13 heavy (non-hydrogen) atoms. The molecule has 74 valence electrons. The van der Waals surface area contributed by atoms with E-state index in [0.717, 1.165) is 6.42 Å². The van der Waals surface area contributed by atoms with Crippen molar-refractivity contribution in [2.24, 2.45) is 10.9 Å². The minimum Gasteiger partial charge on any atom is -0.269 e. The number of allylic oxidation sites excluding steroid dienone is 4. The normalized spacial score (nSPS) is 21.7. The van der Waals surface area contributed by atoms with Crippen LogP contribution in [0.5, 0.6) is 0 Å². The van der Waals surface area contributed by atoms with Crippen molar-refractivity contribution in [3.8, 4) is 0 Å². The Morgan fingerprint density at radius 2 is 2.08 bits per heavy atom. The first kappa shape index (κ1) is 12.2. The summed E-state index contributed by atoms with van der Waals surface area (Å²) < 4.78 is 0. The summed E-state index contributed by atoms with van der Waals surface area (Å²) in [7, 11) is 0. The Labute approximate surface area is 82.3 Å². The van der Waals surface area contributed by atoms with Gasteiger partial charge in [0.25, 0.3) is 0 Å². The van der Waals surface area contributed by atoms with Crippen LogP contribution in [0.15, 0.2) is 28.4 Å². The fourth-order valence-electron chi connectivity index (χ4n) is 1.55. The summed E-state index contributed by atoms with van der Waals surface area (Å²) in [5, 5.41) is 0. The van der Waals surface area contributed by atoms with Crippen LogP contribution in [0.1, 0.15) is 40.5 Å². The Morgan fingerprint density at radius 3 is 2.54 bits per heavy atom. The van der Waals surface area contributed by atoms with E-state index >= 15 is 0 Å². The van der Waals surface area contributed by atoms with Crippen molar-refractivity contribution in [2.45, 2.75) is 40.5 Å². The fraction of sp³-hybridized carbons (Fsp3) is 0.583. The highest BCUT2D eigenvalue weighted by molar-refractivity contribution is 5.37. The van der Waals surface area contributed by atoms with E-state index in [4.69, 9.17) is 0 Å². The molecule has 1 unspecified atom stereocenters. The molecule has 1 atom stereocenters. The molecular formula is C12H21N. The average molecular weight is 179 g/mol. The van der Waals surface area contributed by atoms with Gasteiger partial charge in [-0.15, -0.1) is 0 Å². The van der Waals surface area contributed by atoms with Crippen LogP contribution in [0.2, 0.25) is 0 Å². The average Bonchev–Trinajstić information content (AvgIpc) is 2.52. The number of rotatable bonds is 2. The first-order chi connectivity index (χ1) is 6.29. The molecule has 0 bridgehead atoms. The van der Waals surface area contributed by atoms with Crippen molar-refractivity contribution in [1.82, 2.24) is 0 Å². The van der Waals surface area contributed by atoms with Gasteiger partial charge in [-0.25, -0.2) is 0 Å². The molecule has 0 aromatic rings. The highest BCUT2D eigenvalue weighted by atomic mass is 14.7. The highest BCUT2D eigenvalue weighted by Gasteiger charge is 2.18. The molecule has 0 aromatic heterocycles. The van der Waals surface area contributed by atoms with Gasteiger partial charge in [0, 0.05) is 5.70 Å². The van der Waals surface area contributed by atoms with Gasteiger partial charge in [0.15, 0.2) is 0 Å². The molecule has 0 N–H and O–H groups in total. The minimum absolute atomic E-state index is 0.673. The summed E-state index contributed by atoms with van der Waals surface area (Å²) in [6.45, 7) is 11.9. The van der Waals surface area contributed by atoms with E-state index in [1.54, 1.807) is 0 Å². The van der Waals surface area contributed by atoms with Gasteiger partial charge in [-0.2, -0.15) is 0 Å². The van der Waals surface area contributed by atoms with Crippen LogP contribution in [0.3, 0.4) is 0 Å². The van der Waals surface area contributed by atoms with Gasteiger partial charge in [-0.1, -0.05) is 32.9 Å². The summed E-state index contributed by atoms with van der Waals surface area (Å²) in [6, 6.07) is 0. The van der Waals surface area contributed by atoms with E-state index in [0.29, 0.717) is 5.92 Å². The molecule has 1 rings (SSSR count). The van der Waals surface area contributed by atoms with Gasteiger partial charge >= 0.3 is 0 Å². The summed E-state index contributed by atoms with van der Waals surface area (Å²) in [4.78, 5) is 4.02. The van der Waals surface area contributed by atoms with Crippen molar-refractivity contribution in [1.29, 1.82) is 0 Å². The van der Waals surface area contributed by atoms with Crippen molar-refractivity contribution in [2.75, 3.05) is 0 Å². The van der Waals surface area contributed by atoms with E-state index in [1.807, 2.05) is 20.8 Å². The molecule has 1 heteroatoms. The summed E-state index contributed by atoms with van der Waals surface area (Å²) >= 11 is 0. The molecule has 0 aromatic carbocycles. The highest BCUT2D eigenvalue weighted by Crippen LogP contribution is 2.32. The number of aliphatic imine (C=N–C) groups is 1. The van der Waals surface area contributed by atoms with Crippen LogP contribution in [-0.4, -0.2) is 6.72 Å². The van der Waals surface area contributed by atoms with Gasteiger partial charge in [0.05, 0.1) is 0 Å². The molecule has 0 heterocycles. The molecule has 0 radical (unpaired) electrons. The molecule has 0 saturated carbocycles. The zero-order chi connectivity index (χ0) is 10.3. The van der Waals surface area contributed by atoms with E-state index < -0.39 is 0 Å². The van der Waals surface area contributed by atoms with Crippen molar-refractivity contribution in [3.63, 3.8) is 0 Å². The summed E-state index contributed by atoms with van der Waals surface area (Å²) in [6.07, 6.45) is 6.56. The largest absolute Gasteiger partial charge is 0.269 e. The lowest BCUT2D eigenvalue weighted by Gasteiger charge is -2.02. The smallest absolute Gasteiger partial charge is 0.0431 e. The topological polar surface area (TPSA) is 12.4 Å². The van der Waals surface area contributed by atoms with Crippen LogP contribution < -0.4 is 0 Å². The molecule has 1 nitrogen and oxygen atoms in total. The number of hydrogen-bond donors (Lipinski definition) is 0. The molecule has 1 aliphatic carbocycles. The molecule has 0 aliphatic heterocycles. The van der Waals surface area contributed by atoms with E-state index in [9.17, 15) is 0 Å². The Kier molecular flexibility index (Phi) is 6.21. The van der Waals surface area contributed by atoms with E-state index in [-0.39, 0.29) is 0 Å². The van der Waals surface area contributed by atoms with Gasteiger partial charge in [-0.05, 0) is 38.0 Å². The summed E-state index contributed by atoms with van der Waals surface area (Å²) in [5.74, 6) is 0.673. The standard InChI is InChI=1S/C10H15N.C2H6/c1-4-5-9-8(2)6-7-10(9)11-3;1-2/h4-5,8H,3,6-7H2,1-2H3;1-2H3/b5-4-;. The first-order valence-corrected chi connectivity index (χ1v) is 5.12. The third-order valence-electron chi connectivity index (χ3n) is 2.22. The monoisotopic (exact) mass is 179 g/mol. The number of hydrogen-bond acceptors (Lipinski definition) is 1. The lowest BCUT2D eigenvalue weighted by Crippen LogP contribution is -1.88. The Morgan fingerprint density at radius 1 is 1.46 bits per heavy atom. The van der Waals surface area contributed by atoms with E-state index in [2.05, 4.69) is 30.8 Å². The van der Waals surface area contributed by atoms with E-state index in [1.165, 1.54) is 17.7 Å². The Bertz CT molecular complexity index is 211. The first-order valence-electron chi connectivity index (χ1n) is 5.12. The minimum atomic E-state index is 0.673. The Hall–Kier alpha value is -0.850. The van der Waals surface area contributed by atoms with Crippen LogP contribution in [-0.2, 0) is 0 Å². The zero-order valence-corrected chi connectivity index (χ0v) is 9.30. The van der Waals surface area contributed by atoms with Crippen molar-refractivity contribution < 1.29 is 0 Å². The predicted octanol–water partition coefficient (Wildman–Crippen LogP) is 3.97. The van der Waals surface area contributed by atoms with Crippen LogP contribution in [0.4, 0.5) is 0 Å². The van der Waals surface area contributed by atoms with Gasteiger partial charge in [-0.3, -0.25) is 4.99 Å². The van der Waals surface area contributed by atoms with Crippen molar-refractivity contribution >= 4 is 6.72 Å². The van der Waals surface area contributed by atoms with Gasteiger partial charge < -0.3 is 0 Å². The van der Waals surface area contributed by atoms with Crippen molar-refractivity contribution in [3.05, 3.63) is 23.4 Å². The van der Waals surface area contributed by atoms with Crippen LogP contribution in [0.25, 0.3) is 0 Å². The zero-order valence-electron chi connectivity index (χ0n) is 9.30. The summed E-state index contributed by atoms with van der Waals surface area (Å²) in [5.41, 5.74) is 2.57. The molecule has 0 amide bonds. The third kappa shape index (κ3) is 3.17. The second kappa shape index (κ2) is 6.64. The SMILES string of the molecule is C=NC1=C(/C=C\C)C(C)CC1.CC. The maximum atomic E-state index is 4.02. The molecule has 0 saturated heterocycles. The maximum absolute atomic E-state index is 4.02. The van der Waals surface area contributed by atoms with Crippen LogP contribution in [0, 0.1) is 5.92 Å². The van der Waals surface area contributed by atoms with Gasteiger partial charge in [0.1, 0.15) is 0 Å². The molecule has 0 spiro atoms. The lowest BCUT2D eigenvalue weighted by atomic mass is 10.0. The quantitative estimate of drug-likeness (QED) is 0.569. The van der Waals surface area contributed by atoms with Gasteiger partial charge in [0.2, 0.25) is 0 Å². The third-order valence-corrected chi connectivity index (χ3v) is 2.22. The maximum Gasteiger partial charge on any atom is 0.0431 e. The molecule has 1 aliphatic rings. The molecule has 0 fully saturated rings. The Balaban J connectivity index is 0.000000671. The second-order valence-electron chi connectivity index (χ2n) is 3.00. The predicted molar refractivity (Wildman–Crippen MR) is 61.1 cm³/mol. The fourth-order valence-corrected chi connectivity index (χ4v) is 1.55.